The van der Waals surface area contributed by atoms with Gasteiger partial charge in [-0.2, -0.15) is 13.2 Å². The van der Waals surface area contributed by atoms with Crippen LogP contribution in [0, 0.1) is 0 Å². The maximum Gasteiger partial charge on any atom is 0.416 e. The van der Waals surface area contributed by atoms with Crippen molar-refractivity contribution >= 4 is 17.6 Å². The number of benzene rings is 2. The van der Waals surface area contributed by atoms with E-state index in [9.17, 15) is 22.8 Å². The second-order valence-electron chi connectivity index (χ2n) is 9.00. The Kier molecular flexibility index (Phi) is 8.79. The van der Waals surface area contributed by atoms with Gasteiger partial charge in [0.15, 0.2) is 0 Å². The molecule has 2 aromatic carbocycles. The number of alkyl halides is 3. The van der Waals surface area contributed by atoms with E-state index in [0.717, 1.165) is 18.2 Å². The number of rotatable bonds is 9. The Bertz CT molecular complexity index is 1280. The number of amides is 3. The fourth-order valence-electron chi connectivity index (χ4n) is 3.08. The Morgan fingerprint density at radius 2 is 1.71 bits per heavy atom. The third-order valence-corrected chi connectivity index (χ3v) is 4.96. The SMILES string of the molecule is CNC(=O)c1cc(Oc2ccc(CNC(=O)Nc3cc(C(F)(F)F)ccc3OCC(C)(C)N)cc2)ccn1. The minimum absolute atomic E-state index is 0.0235. The molecule has 0 atom stereocenters. The summed E-state index contributed by atoms with van der Waals surface area (Å²) in [6.07, 6.45) is -3.14. The first-order valence-corrected chi connectivity index (χ1v) is 11.5. The molecular weight excluding hydrogens is 503 g/mol. The van der Waals surface area contributed by atoms with Crippen LogP contribution in [0.3, 0.4) is 0 Å². The molecule has 0 aliphatic carbocycles. The van der Waals surface area contributed by atoms with Crippen LogP contribution in [0.1, 0.15) is 35.5 Å². The van der Waals surface area contributed by atoms with Gasteiger partial charge in [0.25, 0.3) is 5.91 Å². The first kappa shape index (κ1) is 28.3. The molecule has 0 spiro atoms. The molecule has 202 valence electrons. The van der Waals surface area contributed by atoms with Crippen LogP contribution in [-0.2, 0) is 12.7 Å². The number of hydrogen-bond donors (Lipinski definition) is 4. The van der Waals surface area contributed by atoms with E-state index in [1.807, 2.05) is 0 Å². The van der Waals surface area contributed by atoms with Crippen LogP contribution in [0.15, 0.2) is 60.8 Å². The number of carbonyl (C=O) groups is 2. The first-order chi connectivity index (χ1) is 17.8. The third kappa shape index (κ3) is 8.37. The van der Waals surface area contributed by atoms with Crippen LogP contribution < -0.4 is 31.2 Å². The van der Waals surface area contributed by atoms with Crippen molar-refractivity contribution in [1.82, 2.24) is 15.6 Å². The molecule has 0 saturated carbocycles. The zero-order valence-corrected chi connectivity index (χ0v) is 21.0. The van der Waals surface area contributed by atoms with Crippen LogP contribution in [0.5, 0.6) is 17.2 Å². The van der Waals surface area contributed by atoms with E-state index in [-0.39, 0.29) is 36.2 Å². The number of urea groups is 1. The molecule has 0 bridgehead atoms. The molecule has 1 aromatic heterocycles. The van der Waals surface area contributed by atoms with Crippen molar-refractivity contribution < 1.29 is 32.2 Å². The average molecular weight is 532 g/mol. The summed E-state index contributed by atoms with van der Waals surface area (Å²) >= 11 is 0. The lowest BCUT2D eigenvalue weighted by Crippen LogP contribution is -2.39. The number of pyridine rings is 1. The van der Waals surface area contributed by atoms with Crippen LogP contribution in [0.4, 0.5) is 23.7 Å². The van der Waals surface area contributed by atoms with Gasteiger partial charge >= 0.3 is 12.2 Å². The van der Waals surface area contributed by atoms with Gasteiger partial charge in [-0.3, -0.25) is 9.78 Å². The van der Waals surface area contributed by atoms with E-state index >= 15 is 0 Å². The van der Waals surface area contributed by atoms with E-state index in [1.165, 1.54) is 19.3 Å². The number of halogens is 3. The Hall–Kier alpha value is -4.32. The number of ether oxygens (including phenoxy) is 2. The van der Waals surface area contributed by atoms with E-state index in [4.69, 9.17) is 15.2 Å². The second kappa shape index (κ2) is 11.8. The van der Waals surface area contributed by atoms with Crippen molar-refractivity contribution in [2.24, 2.45) is 5.73 Å². The smallest absolute Gasteiger partial charge is 0.416 e. The monoisotopic (exact) mass is 531 g/mol. The molecule has 0 saturated heterocycles. The van der Waals surface area contributed by atoms with Gasteiger partial charge in [-0.05, 0) is 55.8 Å². The maximum atomic E-state index is 13.2. The minimum Gasteiger partial charge on any atom is -0.490 e. The molecule has 0 radical (unpaired) electrons. The van der Waals surface area contributed by atoms with E-state index < -0.39 is 23.3 Å². The molecule has 3 amide bonds. The van der Waals surface area contributed by atoms with Gasteiger partial charge in [-0.15, -0.1) is 0 Å². The van der Waals surface area contributed by atoms with Gasteiger partial charge in [-0.1, -0.05) is 12.1 Å². The number of nitrogens with two attached hydrogens (primary N) is 1. The summed E-state index contributed by atoms with van der Waals surface area (Å²) in [4.78, 5) is 28.2. The Labute approximate surface area is 217 Å². The summed E-state index contributed by atoms with van der Waals surface area (Å²) in [7, 11) is 1.50. The van der Waals surface area contributed by atoms with Gasteiger partial charge < -0.3 is 31.2 Å². The van der Waals surface area contributed by atoms with Crippen LogP contribution in [0.2, 0.25) is 0 Å². The van der Waals surface area contributed by atoms with Crippen molar-refractivity contribution in [3.63, 3.8) is 0 Å². The molecule has 0 unspecified atom stereocenters. The molecule has 5 N–H and O–H groups in total. The first-order valence-electron chi connectivity index (χ1n) is 11.5. The highest BCUT2D eigenvalue weighted by Gasteiger charge is 2.31. The number of nitrogens with one attached hydrogen (secondary N) is 3. The lowest BCUT2D eigenvalue weighted by molar-refractivity contribution is -0.137. The van der Waals surface area contributed by atoms with Crippen LogP contribution >= 0.6 is 0 Å². The molecule has 9 nitrogen and oxygen atoms in total. The molecule has 0 fully saturated rings. The summed E-state index contributed by atoms with van der Waals surface area (Å²) in [5.41, 5.74) is 5.00. The average Bonchev–Trinajstić information content (AvgIpc) is 2.86. The van der Waals surface area contributed by atoms with Crippen molar-refractivity contribution in [2.45, 2.75) is 32.1 Å². The summed E-state index contributed by atoms with van der Waals surface area (Å²) in [6.45, 7) is 3.52. The third-order valence-electron chi connectivity index (χ3n) is 4.96. The van der Waals surface area contributed by atoms with Crippen molar-refractivity contribution in [2.75, 3.05) is 19.0 Å². The topological polar surface area (TPSA) is 128 Å². The second-order valence-corrected chi connectivity index (χ2v) is 9.00. The van der Waals surface area contributed by atoms with Gasteiger partial charge in [0.1, 0.15) is 29.5 Å². The highest BCUT2D eigenvalue weighted by molar-refractivity contribution is 5.92. The Morgan fingerprint density at radius 1 is 1.00 bits per heavy atom. The summed E-state index contributed by atoms with van der Waals surface area (Å²) in [5.74, 6) is 0.618. The molecule has 12 heteroatoms. The van der Waals surface area contributed by atoms with Crippen LogP contribution in [-0.4, -0.2) is 36.1 Å². The van der Waals surface area contributed by atoms with Gasteiger partial charge in [0, 0.05) is 31.4 Å². The normalized spacial score (nSPS) is 11.4. The number of hydrogen-bond acceptors (Lipinski definition) is 6. The predicted molar refractivity (Wildman–Crippen MR) is 135 cm³/mol. The van der Waals surface area contributed by atoms with E-state index in [1.54, 1.807) is 44.2 Å². The van der Waals surface area contributed by atoms with Crippen molar-refractivity contribution in [3.8, 4) is 17.2 Å². The summed E-state index contributed by atoms with van der Waals surface area (Å²) in [5, 5.41) is 7.49. The lowest BCUT2D eigenvalue weighted by Gasteiger charge is -2.21. The fraction of sp³-hybridized carbons (Fsp3) is 0.269. The number of aromatic nitrogens is 1. The number of carbonyl (C=O) groups excluding carboxylic acids is 2. The molecule has 0 aliphatic rings. The fourth-order valence-corrected chi connectivity index (χ4v) is 3.08. The predicted octanol–water partition coefficient (Wildman–Crippen LogP) is 4.69. The highest BCUT2D eigenvalue weighted by atomic mass is 19.4. The molecule has 3 rings (SSSR count). The zero-order chi connectivity index (χ0) is 27.9. The van der Waals surface area contributed by atoms with Crippen molar-refractivity contribution in [1.29, 1.82) is 0 Å². The van der Waals surface area contributed by atoms with Gasteiger partial charge in [-0.25, -0.2) is 4.79 Å². The lowest BCUT2D eigenvalue weighted by atomic mass is 10.1. The Balaban J connectivity index is 1.62. The number of nitrogens with zero attached hydrogens (tertiary/aromatic N) is 1. The molecule has 38 heavy (non-hydrogen) atoms. The van der Waals surface area contributed by atoms with Gasteiger partial charge in [0.2, 0.25) is 0 Å². The standard InChI is InChI=1S/C26H28F3N5O4/c1-25(2,30)15-37-22-9-6-17(26(27,28)29)12-20(22)34-24(36)33-14-16-4-7-18(8-5-16)38-19-10-11-32-21(13-19)23(35)31-3/h4-13H,14-15,30H2,1-3H3,(H,31,35)(H2,33,34,36). The van der Waals surface area contributed by atoms with Gasteiger partial charge in [0.05, 0.1) is 11.3 Å². The number of anilines is 1. The minimum atomic E-state index is -4.59. The van der Waals surface area contributed by atoms with E-state index in [2.05, 4.69) is 20.9 Å². The summed E-state index contributed by atoms with van der Waals surface area (Å²) in [6, 6.07) is 12.0. The maximum absolute atomic E-state index is 13.2. The highest BCUT2D eigenvalue weighted by Crippen LogP contribution is 2.35. The quantitative estimate of drug-likeness (QED) is 0.317. The zero-order valence-electron chi connectivity index (χ0n) is 21.0. The molecule has 1 heterocycles. The van der Waals surface area contributed by atoms with Crippen LogP contribution in [0.25, 0.3) is 0 Å². The summed E-state index contributed by atoms with van der Waals surface area (Å²) < 4.78 is 50.9. The Morgan fingerprint density at radius 3 is 2.34 bits per heavy atom. The molecular formula is C26H28F3N5O4. The molecule has 0 aliphatic heterocycles. The largest absolute Gasteiger partial charge is 0.490 e. The molecule has 3 aromatic rings. The van der Waals surface area contributed by atoms with Crippen molar-refractivity contribution in [3.05, 3.63) is 77.6 Å². The van der Waals surface area contributed by atoms with E-state index in [0.29, 0.717) is 17.1 Å².